The van der Waals surface area contributed by atoms with Crippen LogP contribution in [0.25, 0.3) is 0 Å². The smallest absolute Gasteiger partial charge is 0.255 e. The van der Waals surface area contributed by atoms with E-state index in [0.717, 1.165) is 30.8 Å². The lowest BCUT2D eigenvalue weighted by molar-refractivity contribution is -0.115. The Balaban J connectivity index is 1.68. The van der Waals surface area contributed by atoms with E-state index in [2.05, 4.69) is 5.32 Å². The SMILES string of the molecule is Cc1ccc(S[C@@H](C)C(=O)Nc2ccccc2C(=O)N2CCCC2)cc1. The number of benzene rings is 2. The van der Waals surface area contributed by atoms with Gasteiger partial charge in [-0.15, -0.1) is 11.8 Å². The van der Waals surface area contributed by atoms with E-state index in [1.165, 1.54) is 17.3 Å². The molecule has 136 valence electrons. The number of anilines is 1. The molecule has 3 rings (SSSR count). The molecule has 0 unspecified atom stereocenters. The van der Waals surface area contributed by atoms with Gasteiger partial charge < -0.3 is 10.2 Å². The van der Waals surface area contributed by atoms with Crippen LogP contribution in [0.5, 0.6) is 0 Å². The van der Waals surface area contributed by atoms with Crippen LogP contribution in [0.2, 0.25) is 0 Å². The van der Waals surface area contributed by atoms with Gasteiger partial charge in [-0.1, -0.05) is 29.8 Å². The third kappa shape index (κ3) is 4.47. The van der Waals surface area contributed by atoms with Gasteiger partial charge in [-0.05, 0) is 51.0 Å². The number of hydrogen-bond donors (Lipinski definition) is 1. The first-order valence-electron chi connectivity index (χ1n) is 8.97. The lowest BCUT2D eigenvalue weighted by Crippen LogP contribution is -2.29. The van der Waals surface area contributed by atoms with Crippen LogP contribution in [0.3, 0.4) is 0 Å². The maximum atomic E-state index is 12.7. The van der Waals surface area contributed by atoms with Gasteiger partial charge in [0.05, 0.1) is 16.5 Å². The predicted octanol–water partition coefficient (Wildman–Crippen LogP) is 4.35. The molecule has 1 heterocycles. The fourth-order valence-corrected chi connectivity index (χ4v) is 3.85. The number of aryl methyl sites for hydroxylation is 1. The standard InChI is InChI=1S/C21H24N2O2S/c1-15-9-11-17(12-10-15)26-16(2)20(24)22-19-8-4-3-7-18(19)21(25)23-13-5-6-14-23/h3-4,7-12,16H,5-6,13-14H2,1-2H3,(H,22,24)/t16-/m0/s1. The second kappa shape index (κ2) is 8.41. The average molecular weight is 369 g/mol. The molecule has 1 aliphatic rings. The van der Waals surface area contributed by atoms with Crippen molar-refractivity contribution in [3.63, 3.8) is 0 Å². The van der Waals surface area contributed by atoms with E-state index in [1.807, 2.05) is 55.1 Å². The number of amides is 2. The Morgan fingerprint density at radius 2 is 1.69 bits per heavy atom. The molecule has 26 heavy (non-hydrogen) atoms. The molecular weight excluding hydrogens is 344 g/mol. The molecule has 1 fully saturated rings. The molecule has 5 heteroatoms. The van der Waals surface area contributed by atoms with Gasteiger partial charge in [-0.3, -0.25) is 9.59 Å². The first-order chi connectivity index (χ1) is 12.5. The van der Waals surface area contributed by atoms with Crippen LogP contribution < -0.4 is 5.32 Å². The fraction of sp³-hybridized carbons (Fsp3) is 0.333. The number of thioether (sulfide) groups is 1. The van der Waals surface area contributed by atoms with Crippen molar-refractivity contribution >= 4 is 29.3 Å². The van der Waals surface area contributed by atoms with Crippen LogP contribution in [0.15, 0.2) is 53.4 Å². The highest BCUT2D eigenvalue weighted by atomic mass is 32.2. The molecule has 0 saturated carbocycles. The van der Waals surface area contributed by atoms with Crippen molar-refractivity contribution in [1.29, 1.82) is 0 Å². The molecule has 0 spiro atoms. The van der Waals surface area contributed by atoms with E-state index >= 15 is 0 Å². The van der Waals surface area contributed by atoms with Crippen molar-refractivity contribution in [3.05, 3.63) is 59.7 Å². The van der Waals surface area contributed by atoms with Crippen LogP contribution in [0.4, 0.5) is 5.69 Å². The Labute approximate surface area is 159 Å². The Kier molecular flexibility index (Phi) is 5.99. The van der Waals surface area contributed by atoms with E-state index in [4.69, 9.17) is 0 Å². The quantitative estimate of drug-likeness (QED) is 0.798. The van der Waals surface area contributed by atoms with Gasteiger partial charge in [0.15, 0.2) is 0 Å². The molecule has 1 N–H and O–H groups in total. The van der Waals surface area contributed by atoms with E-state index in [0.29, 0.717) is 11.3 Å². The molecule has 1 atom stereocenters. The molecular formula is C21H24N2O2S. The van der Waals surface area contributed by atoms with E-state index < -0.39 is 0 Å². The first-order valence-corrected chi connectivity index (χ1v) is 9.85. The highest BCUT2D eigenvalue weighted by Crippen LogP contribution is 2.26. The van der Waals surface area contributed by atoms with Crippen molar-refractivity contribution in [2.75, 3.05) is 18.4 Å². The van der Waals surface area contributed by atoms with Gasteiger partial charge >= 0.3 is 0 Å². The summed E-state index contributed by atoms with van der Waals surface area (Å²) in [6.07, 6.45) is 2.09. The summed E-state index contributed by atoms with van der Waals surface area (Å²) in [5, 5.41) is 2.68. The number of para-hydroxylation sites is 1. The van der Waals surface area contributed by atoms with Crippen molar-refractivity contribution in [2.24, 2.45) is 0 Å². The molecule has 4 nitrogen and oxygen atoms in total. The summed E-state index contributed by atoms with van der Waals surface area (Å²) in [5.74, 6) is -0.102. The van der Waals surface area contributed by atoms with Crippen molar-refractivity contribution in [3.8, 4) is 0 Å². The maximum Gasteiger partial charge on any atom is 0.255 e. The molecule has 0 aliphatic carbocycles. The third-order valence-corrected chi connectivity index (χ3v) is 5.62. The van der Waals surface area contributed by atoms with Crippen molar-refractivity contribution in [2.45, 2.75) is 36.8 Å². The van der Waals surface area contributed by atoms with E-state index in [1.54, 1.807) is 12.1 Å². The number of nitrogens with one attached hydrogen (secondary N) is 1. The zero-order valence-corrected chi connectivity index (χ0v) is 16.0. The fourth-order valence-electron chi connectivity index (χ4n) is 2.98. The van der Waals surface area contributed by atoms with Crippen LogP contribution in [0.1, 0.15) is 35.7 Å². The number of carbonyl (C=O) groups is 2. The summed E-state index contributed by atoms with van der Waals surface area (Å²) in [7, 11) is 0. The summed E-state index contributed by atoms with van der Waals surface area (Å²) >= 11 is 1.51. The maximum absolute atomic E-state index is 12.7. The normalized spacial score (nSPS) is 14.9. The summed E-state index contributed by atoms with van der Waals surface area (Å²) in [4.78, 5) is 28.2. The van der Waals surface area contributed by atoms with Crippen LogP contribution >= 0.6 is 11.8 Å². The topological polar surface area (TPSA) is 49.4 Å². The third-order valence-electron chi connectivity index (χ3n) is 4.51. The Bertz CT molecular complexity index is 783. The number of likely N-dealkylation sites (tertiary alicyclic amines) is 1. The molecule has 2 amide bonds. The van der Waals surface area contributed by atoms with Gasteiger partial charge in [-0.2, -0.15) is 0 Å². The van der Waals surface area contributed by atoms with Crippen LogP contribution in [-0.4, -0.2) is 35.1 Å². The molecule has 2 aromatic rings. The van der Waals surface area contributed by atoms with Gasteiger partial charge in [0, 0.05) is 18.0 Å². The van der Waals surface area contributed by atoms with E-state index in [9.17, 15) is 9.59 Å². The molecule has 0 aromatic heterocycles. The van der Waals surface area contributed by atoms with Gasteiger partial charge in [0.1, 0.15) is 0 Å². The Morgan fingerprint density at radius 3 is 2.38 bits per heavy atom. The predicted molar refractivity (Wildman–Crippen MR) is 107 cm³/mol. The number of rotatable bonds is 5. The van der Waals surface area contributed by atoms with Gasteiger partial charge in [0.2, 0.25) is 5.91 Å². The number of nitrogens with zero attached hydrogens (tertiary/aromatic N) is 1. The Morgan fingerprint density at radius 1 is 1.04 bits per heavy atom. The summed E-state index contributed by atoms with van der Waals surface area (Å²) in [5.41, 5.74) is 2.35. The highest BCUT2D eigenvalue weighted by Gasteiger charge is 2.23. The van der Waals surface area contributed by atoms with Crippen molar-refractivity contribution in [1.82, 2.24) is 4.90 Å². The lowest BCUT2D eigenvalue weighted by Gasteiger charge is -2.19. The van der Waals surface area contributed by atoms with Gasteiger partial charge in [0.25, 0.3) is 5.91 Å². The summed E-state index contributed by atoms with van der Waals surface area (Å²) < 4.78 is 0. The second-order valence-corrected chi connectivity index (χ2v) is 8.02. The van der Waals surface area contributed by atoms with Crippen molar-refractivity contribution < 1.29 is 9.59 Å². The average Bonchev–Trinajstić information content (AvgIpc) is 3.18. The van der Waals surface area contributed by atoms with E-state index in [-0.39, 0.29) is 17.1 Å². The molecule has 1 aliphatic heterocycles. The molecule has 1 saturated heterocycles. The number of hydrogen-bond acceptors (Lipinski definition) is 3. The minimum absolute atomic E-state index is 0.00255. The summed E-state index contributed by atoms with van der Waals surface area (Å²) in [6, 6.07) is 15.4. The Hall–Kier alpha value is -2.27. The largest absolute Gasteiger partial charge is 0.339 e. The zero-order valence-electron chi connectivity index (χ0n) is 15.2. The highest BCUT2D eigenvalue weighted by molar-refractivity contribution is 8.00. The molecule has 2 aromatic carbocycles. The number of carbonyl (C=O) groups excluding carboxylic acids is 2. The monoisotopic (exact) mass is 368 g/mol. The zero-order chi connectivity index (χ0) is 18.5. The second-order valence-electron chi connectivity index (χ2n) is 6.61. The molecule has 0 radical (unpaired) electrons. The van der Waals surface area contributed by atoms with Gasteiger partial charge in [-0.25, -0.2) is 0 Å². The van der Waals surface area contributed by atoms with Crippen LogP contribution in [-0.2, 0) is 4.79 Å². The minimum atomic E-state index is -0.257. The first kappa shape index (κ1) is 18.5. The minimum Gasteiger partial charge on any atom is -0.339 e. The summed E-state index contributed by atoms with van der Waals surface area (Å²) in [6.45, 7) is 5.51. The molecule has 0 bridgehead atoms. The van der Waals surface area contributed by atoms with Crippen LogP contribution in [0, 0.1) is 6.92 Å². The lowest BCUT2D eigenvalue weighted by atomic mass is 10.1.